The van der Waals surface area contributed by atoms with E-state index >= 15 is 0 Å². The maximum absolute atomic E-state index is 13.6. The number of carboxylic acids is 1. The number of nitrogens with one attached hydrogen (secondary N) is 3. The standard InChI is InChI=1S/C30H40N6O7/c1-19-7-8-24-13-22(19)15-31-30(42)28(23-16-32-36(18-23)11-4-6-27(39)40)34-29(41)25(33-20(2)37)14-26(38)35-10-3-5-21(17-35)9-12-43-24/h7-8,13,16,18,21,25,28H,3-6,9-12,14-15,17H2,1-2H3,(H,31,42)(H,33,37)(H,34,41)(H,39,40)/t21?,25-,28?/m0/s1. The van der Waals surface area contributed by atoms with Crippen molar-refractivity contribution in [3.63, 3.8) is 0 Å². The van der Waals surface area contributed by atoms with E-state index in [0.717, 1.165) is 30.4 Å². The van der Waals surface area contributed by atoms with Crippen molar-refractivity contribution in [3.05, 3.63) is 47.3 Å². The van der Waals surface area contributed by atoms with Gasteiger partial charge in [0.25, 0.3) is 0 Å². The van der Waals surface area contributed by atoms with Crippen LogP contribution in [0.1, 0.15) is 68.2 Å². The number of benzene rings is 1. The minimum Gasteiger partial charge on any atom is -0.494 e. The lowest BCUT2D eigenvalue weighted by Gasteiger charge is -2.34. The number of piperidine rings is 1. The number of hydrogen-bond donors (Lipinski definition) is 4. The third-order valence-electron chi connectivity index (χ3n) is 7.83. The Bertz CT molecular complexity index is 1340. The maximum atomic E-state index is 13.6. The molecule has 1 fully saturated rings. The lowest BCUT2D eigenvalue weighted by Crippen LogP contribution is -2.52. The van der Waals surface area contributed by atoms with Crippen molar-refractivity contribution in [1.29, 1.82) is 0 Å². The van der Waals surface area contributed by atoms with Crippen molar-refractivity contribution < 1.29 is 33.8 Å². The van der Waals surface area contributed by atoms with E-state index in [1.54, 1.807) is 11.1 Å². The molecule has 2 unspecified atom stereocenters. The second kappa shape index (κ2) is 14.7. The predicted molar refractivity (Wildman–Crippen MR) is 155 cm³/mol. The average molecular weight is 597 g/mol. The molecule has 0 aliphatic carbocycles. The first-order valence-electron chi connectivity index (χ1n) is 14.7. The van der Waals surface area contributed by atoms with Gasteiger partial charge in [0.1, 0.15) is 17.8 Å². The Morgan fingerprint density at radius 2 is 2.00 bits per heavy atom. The van der Waals surface area contributed by atoms with Crippen molar-refractivity contribution in [1.82, 2.24) is 30.6 Å². The number of carboxylic acid groups (broad SMARTS) is 1. The van der Waals surface area contributed by atoms with Crippen LogP contribution in [-0.2, 0) is 37.1 Å². The molecule has 1 saturated heterocycles. The van der Waals surface area contributed by atoms with Crippen LogP contribution in [0.4, 0.5) is 0 Å². The number of hydrogen-bond acceptors (Lipinski definition) is 7. The van der Waals surface area contributed by atoms with Crippen LogP contribution in [0, 0.1) is 12.8 Å². The summed E-state index contributed by atoms with van der Waals surface area (Å²) in [5, 5.41) is 21.4. The van der Waals surface area contributed by atoms with E-state index in [1.807, 2.05) is 25.1 Å². The normalized spacial score (nSPS) is 22.0. The number of aliphatic carboxylic acids is 1. The summed E-state index contributed by atoms with van der Waals surface area (Å²) in [5.74, 6) is -1.91. The first-order chi connectivity index (χ1) is 20.6. The van der Waals surface area contributed by atoms with Gasteiger partial charge in [-0.15, -0.1) is 0 Å². The number of aromatic nitrogens is 2. The van der Waals surface area contributed by atoms with Gasteiger partial charge in [-0.2, -0.15) is 5.10 Å². The molecule has 232 valence electrons. The van der Waals surface area contributed by atoms with Crippen LogP contribution >= 0.6 is 0 Å². The molecule has 4 bridgehead atoms. The van der Waals surface area contributed by atoms with Gasteiger partial charge in [-0.05, 0) is 61.8 Å². The van der Waals surface area contributed by atoms with Crippen LogP contribution < -0.4 is 20.7 Å². The first-order valence-corrected chi connectivity index (χ1v) is 14.7. The van der Waals surface area contributed by atoms with E-state index in [1.165, 1.54) is 17.8 Å². The Hall–Kier alpha value is -4.42. The molecule has 1 aromatic heterocycles. The van der Waals surface area contributed by atoms with Gasteiger partial charge in [-0.3, -0.25) is 28.7 Å². The van der Waals surface area contributed by atoms with Crippen LogP contribution in [0.5, 0.6) is 5.75 Å². The number of amides is 4. The van der Waals surface area contributed by atoms with Crippen molar-refractivity contribution >= 4 is 29.6 Å². The van der Waals surface area contributed by atoms with Crippen LogP contribution in [0.3, 0.4) is 0 Å². The lowest BCUT2D eigenvalue weighted by molar-refractivity contribution is -0.138. The highest BCUT2D eigenvalue weighted by molar-refractivity contribution is 5.95. The molecule has 13 nitrogen and oxygen atoms in total. The van der Waals surface area contributed by atoms with E-state index in [4.69, 9.17) is 9.84 Å². The Morgan fingerprint density at radius 1 is 1.19 bits per heavy atom. The van der Waals surface area contributed by atoms with Crippen molar-refractivity contribution in [2.75, 3.05) is 19.7 Å². The highest BCUT2D eigenvalue weighted by atomic mass is 16.5. The summed E-state index contributed by atoms with van der Waals surface area (Å²) in [6.45, 7) is 5.27. The summed E-state index contributed by atoms with van der Waals surface area (Å²) in [6.07, 6.45) is 5.63. The summed E-state index contributed by atoms with van der Waals surface area (Å²) in [6, 6.07) is 3.32. The molecule has 2 aliphatic rings. The van der Waals surface area contributed by atoms with Gasteiger partial charge >= 0.3 is 5.97 Å². The Labute approximate surface area is 250 Å². The van der Waals surface area contributed by atoms with Gasteiger partial charge in [0.2, 0.25) is 23.6 Å². The van der Waals surface area contributed by atoms with Crippen molar-refractivity contribution in [2.45, 2.75) is 77.5 Å². The second-order valence-corrected chi connectivity index (χ2v) is 11.2. The number of fused-ring (bicyclic) bond motifs is 4. The molecule has 1 aromatic carbocycles. The SMILES string of the molecule is CC(=O)N[C@H]1CC(=O)N2CCCC(CCOc3ccc(C)c(c3)CNC(=O)C(c3cnn(CCCC(=O)O)c3)NC1=O)C2. The van der Waals surface area contributed by atoms with Crippen molar-refractivity contribution in [3.8, 4) is 5.75 Å². The molecule has 4 rings (SSSR count). The number of nitrogens with zero attached hydrogens (tertiary/aromatic N) is 3. The zero-order valence-electron chi connectivity index (χ0n) is 24.6. The molecule has 0 spiro atoms. The highest BCUT2D eigenvalue weighted by Crippen LogP contribution is 2.23. The topological polar surface area (TPSA) is 172 Å². The number of carbonyl (C=O) groups excluding carboxylic acids is 4. The Morgan fingerprint density at radius 3 is 2.77 bits per heavy atom. The Balaban J connectivity index is 1.63. The minimum absolute atomic E-state index is 0.0395. The lowest BCUT2D eigenvalue weighted by atomic mass is 9.94. The van der Waals surface area contributed by atoms with Gasteiger partial charge in [0, 0.05) is 51.3 Å². The number of ether oxygens (including phenoxy) is 1. The molecule has 4 N–H and O–H groups in total. The predicted octanol–water partition coefficient (Wildman–Crippen LogP) is 1.45. The van der Waals surface area contributed by atoms with Crippen LogP contribution in [-0.4, -0.2) is 75.1 Å². The molecule has 2 aliphatic heterocycles. The van der Waals surface area contributed by atoms with Crippen LogP contribution in [0.25, 0.3) is 0 Å². The maximum Gasteiger partial charge on any atom is 0.303 e. The third-order valence-corrected chi connectivity index (χ3v) is 7.83. The monoisotopic (exact) mass is 596 g/mol. The van der Waals surface area contributed by atoms with Crippen LogP contribution in [0.2, 0.25) is 0 Å². The minimum atomic E-state index is -1.19. The van der Waals surface area contributed by atoms with Crippen LogP contribution in [0.15, 0.2) is 30.6 Å². The fourth-order valence-electron chi connectivity index (χ4n) is 5.43. The number of rotatable bonds is 6. The van der Waals surface area contributed by atoms with Gasteiger partial charge < -0.3 is 30.7 Å². The van der Waals surface area contributed by atoms with E-state index in [-0.39, 0.29) is 31.2 Å². The fourth-order valence-corrected chi connectivity index (χ4v) is 5.43. The van der Waals surface area contributed by atoms with Gasteiger partial charge in [-0.1, -0.05) is 6.07 Å². The molecule has 4 amide bonds. The molecule has 0 saturated carbocycles. The summed E-state index contributed by atoms with van der Waals surface area (Å²) in [7, 11) is 0. The first kappa shape index (κ1) is 31.5. The summed E-state index contributed by atoms with van der Waals surface area (Å²) >= 11 is 0. The molecule has 43 heavy (non-hydrogen) atoms. The smallest absolute Gasteiger partial charge is 0.303 e. The van der Waals surface area contributed by atoms with E-state index in [9.17, 15) is 24.0 Å². The molecule has 2 aromatic rings. The molecule has 3 heterocycles. The molecule has 0 radical (unpaired) electrons. The molecular weight excluding hydrogens is 556 g/mol. The zero-order valence-corrected chi connectivity index (χ0v) is 24.6. The molecule has 13 heteroatoms. The Kier molecular flexibility index (Phi) is 10.7. The molecular formula is C30H40N6O7. The third kappa shape index (κ3) is 9.03. The summed E-state index contributed by atoms with van der Waals surface area (Å²) in [4.78, 5) is 65.1. The highest BCUT2D eigenvalue weighted by Gasteiger charge is 2.32. The zero-order chi connectivity index (χ0) is 30.9. The van der Waals surface area contributed by atoms with Crippen molar-refractivity contribution in [2.24, 2.45) is 5.92 Å². The largest absolute Gasteiger partial charge is 0.494 e. The van der Waals surface area contributed by atoms with Gasteiger partial charge in [0.15, 0.2) is 0 Å². The quantitative estimate of drug-likeness (QED) is 0.388. The van der Waals surface area contributed by atoms with Gasteiger partial charge in [0.05, 0.1) is 19.2 Å². The van der Waals surface area contributed by atoms with E-state index in [2.05, 4.69) is 21.0 Å². The van der Waals surface area contributed by atoms with Gasteiger partial charge in [-0.25, -0.2) is 0 Å². The number of carbonyl (C=O) groups is 5. The molecule has 3 atom stereocenters. The summed E-state index contributed by atoms with van der Waals surface area (Å²) < 4.78 is 7.55. The van der Waals surface area contributed by atoms with E-state index < -0.39 is 35.8 Å². The second-order valence-electron chi connectivity index (χ2n) is 11.2. The fraction of sp³-hybridized carbons (Fsp3) is 0.533. The average Bonchev–Trinajstić information content (AvgIpc) is 3.43. The van der Waals surface area contributed by atoms with E-state index in [0.29, 0.717) is 44.0 Å². The summed E-state index contributed by atoms with van der Waals surface area (Å²) in [5.41, 5.74) is 2.18. The number of aryl methyl sites for hydroxylation is 2.